The molecule has 0 aliphatic heterocycles. The van der Waals surface area contributed by atoms with Gasteiger partial charge in [0.15, 0.2) is 0 Å². The van der Waals surface area contributed by atoms with Crippen molar-refractivity contribution >= 4 is 17.2 Å². The molecule has 3 N–H and O–H groups in total. The normalized spacial score (nSPS) is 11.9. The van der Waals surface area contributed by atoms with E-state index in [1.165, 1.54) is 0 Å². The highest BCUT2D eigenvalue weighted by atomic mass is 32.1. The molecule has 0 fully saturated rings. The Morgan fingerprint density at radius 2 is 2.15 bits per heavy atom. The zero-order valence-corrected chi connectivity index (χ0v) is 9.03. The predicted octanol–water partition coefficient (Wildman–Crippen LogP) is 1.32. The lowest BCUT2D eigenvalue weighted by Gasteiger charge is -2.10. The SMILES string of the molecule is C/C(NCC(C)C)=C(/C#N)C(N)=S. The van der Waals surface area contributed by atoms with Crippen molar-refractivity contribution in [1.29, 1.82) is 5.26 Å². The molecule has 0 amide bonds. The quantitative estimate of drug-likeness (QED) is 0.405. The summed E-state index contributed by atoms with van der Waals surface area (Å²) < 4.78 is 0. The van der Waals surface area contributed by atoms with Crippen LogP contribution in [0, 0.1) is 17.2 Å². The molecular weight excluding hydrogens is 182 g/mol. The second-order valence-corrected chi connectivity index (χ2v) is 3.69. The minimum Gasteiger partial charge on any atom is -0.389 e. The highest BCUT2D eigenvalue weighted by Crippen LogP contribution is 2.01. The number of allylic oxidation sites excluding steroid dienone is 1. The molecule has 4 heteroatoms. The third-order valence-corrected chi connectivity index (χ3v) is 1.71. The Balaban J connectivity index is 4.42. The van der Waals surface area contributed by atoms with Crippen LogP contribution in [0.15, 0.2) is 11.3 Å². The molecule has 0 radical (unpaired) electrons. The molecule has 0 unspecified atom stereocenters. The van der Waals surface area contributed by atoms with Gasteiger partial charge in [0.2, 0.25) is 0 Å². The van der Waals surface area contributed by atoms with Gasteiger partial charge in [0, 0.05) is 12.2 Å². The van der Waals surface area contributed by atoms with Crippen LogP contribution in [0.3, 0.4) is 0 Å². The lowest BCUT2D eigenvalue weighted by molar-refractivity contribution is 0.596. The summed E-state index contributed by atoms with van der Waals surface area (Å²) >= 11 is 4.73. The van der Waals surface area contributed by atoms with Crippen LogP contribution in [0.1, 0.15) is 20.8 Å². The number of nitrogens with zero attached hydrogens (tertiary/aromatic N) is 1. The molecule has 0 spiro atoms. The van der Waals surface area contributed by atoms with Crippen LogP contribution in [0.4, 0.5) is 0 Å². The van der Waals surface area contributed by atoms with E-state index >= 15 is 0 Å². The maximum Gasteiger partial charge on any atom is 0.116 e. The number of hydrogen-bond donors (Lipinski definition) is 2. The van der Waals surface area contributed by atoms with Gasteiger partial charge in [-0.1, -0.05) is 26.1 Å². The zero-order chi connectivity index (χ0) is 10.4. The topological polar surface area (TPSA) is 61.8 Å². The highest BCUT2D eigenvalue weighted by Gasteiger charge is 2.04. The van der Waals surface area contributed by atoms with Crippen molar-refractivity contribution in [3.05, 3.63) is 11.3 Å². The fraction of sp³-hybridized carbons (Fsp3) is 0.556. The van der Waals surface area contributed by atoms with Gasteiger partial charge in [0.05, 0.1) is 0 Å². The largest absolute Gasteiger partial charge is 0.389 e. The first kappa shape index (κ1) is 11.9. The number of nitrogens with two attached hydrogens (primary N) is 1. The van der Waals surface area contributed by atoms with Crippen molar-refractivity contribution in [2.24, 2.45) is 11.7 Å². The Bertz CT molecular complexity index is 261. The second-order valence-electron chi connectivity index (χ2n) is 3.25. The Morgan fingerprint density at radius 3 is 2.46 bits per heavy atom. The third kappa shape index (κ3) is 4.48. The fourth-order valence-corrected chi connectivity index (χ4v) is 0.968. The van der Waals surface area contributed by atoms with Gasteiger partial charge in [-0.25, -0.2) is 0 Å². The van der Waals surface area contributed by atoms with Crippen molar-refractivity contribution in [2.75, 3.05) is 6.54 Å². The molecule has 0 aromatic heterocycles. The predicted molar refractivity (Wildman–Crippen MR) is 57.9 cm³/mol. The third-order valence-electron chi connectivity index (χ3n) is 1.51. The number of hydrogen-bond acceptors (Lipinski definition) is 3. The summed E-state index contributed by atoms with van der Waals surface area (Å²) in [5, 5.41) is 11.8. The standard InChI is InChI=1S/C9H15N3S/c1-6(2)5-12-7(3)8(4-10)9(11)13/h6,12H,5H2,1-3H3,(H2,11,13)/b8-7+. The first-order chi connectivity index (χ1) is 5.99. The number of nitrogens with one attached hydrogen (secondary N) is 1. The molecule has 0 bridgehead atoms. The van der Waals surface area contributed by atoms with Gasteiger partial charge in [-0.3, -0.25) is 0 Å². The van der Waals surface area contributed by atoms with Crippen LogP contribution in [0.25, 0.3) is 0 Å². The molecule has 0 heterocycles. The second kappa shape index (κ2) is 5.55. The minimum absolute atomic E-state index is 0.149. The van der Waals surface area contributed by atoms with Gasteiger partial charge in [-0.2, -0.15) is 5.26 Å². The van der Waals surface area contributed by atoms with E-state index in [1.807, 2.05) is 6.07 Å². The summed E-state index contributed by atoms with van der Waals surface area (Å²) in [6.45, 7) is 6.81. The maximum atomic E-state index is 8.72. The number of rotatable bonds is 4. The lowest BCUT2D eigenvalue weighted by Crippen LogP contribution is -2.22. The van der Waals surface area contributed by atoms with Gasteiger partial charge in [0.1, 0.15) is 16.6 Å². The van der Waals surface area contributed by atoms with Crippen LogP contribution in [-0.4, -0.2) is 11.5 Å². The smallest absolute Gasteiger partial charge is 0.116 e. The molecule has 0 aliphatic carbocycles. The highest BCUT2D eigenvalue weighted by molar-refractivity contribution is 7.80. The molecule has 13 heavy (non-hydrogen) atoms. The molecule has 0 aromatic carbocycles. The molecular formula is C9H15N3S. The van der Waals surface area contributed by atoms with E-state index in [0.29, 0.717) is 11.5 Å². The molecule has 0 saturated heterocycles. The summed E-state index contributed by atoms with van der Waals surface area (Å²) in [6, 6.07) is 1.98. The summed E-state index contributed by atoms with van der Waals surface area (Å²) in [5.74, 6) is 0.529. The molecule has 3 nitrogen and oxygen atoms in total. The van der Waals surface area contributed by atoms with E-state index in [9.17, 15) is 0 Å². The van der Waals surface area contributed by atoms with E-state index in [4.69, 9.17) is 23.2 Å². The van der Waals surface area contributed by atoms with Crippen molar-refractivity contribution in [3.63, 3.8) is 0 Å². The summed E-state index contributed by atoms with van der Waals surface area (Å²) in [5.41, 5.74) is 6.49. The molecule has 0 rings (SSSR count). The Kier molecular flexibility index (Phi) is 5.09. The summed E-state index contributed by atoms with van der Waals surface area (Å²) in [7, 11) is 0. The maximum absolute atomic E-state index is 8.72. The van der Waals surface area contributed by atoms with Crippen molar-refractivity contribution in [2.45, 2.75) is 20.8 Å². The molecule has 0 saturated carbocycles. The first-order valence-corrected chi connectivity index (χ1v) is 4.54. The molecule has 0 atom stereocenters. The summed E-state index contributed by atoms with van der Waals surface area (Å²) in [4.78, 5) is 0.149. The summed E-state index contributed by atoms with van der Waals surface area (Å²) in [6.07, 6.45) is 0. The van der Waals surface area contributed by atoms with Crippen LogP contribution in [0.5, 0.6) is 0 Å². The molecule has 0 aromatic rings. The van der Waals surface area contributed by atoms with Crippen molar-refractivity contribution in [1.82, 2.24) is 5.32 Å². The van der Waals surface area contributed by atoms with Gasteiger partial charge < -0.3 is 11.1 Å². The van der Waals surface area contributed by atoms with Crippen molar-refractivity contribution in [3.8, 4) is 6.07 Å². The van der Waals surface area contributed by atoms with Crippen LogP contribution in [-0.2, 0) is 0 Å². The first-order valence-electron chi connectivity index (χ1n) is 4.13. The van der Waals surface area contributed by atoms with Gasteiger partial charge in [-0.15, -0.1) is 0 Å². The van der Waals surface area contributed by atoms with Gasteiger partial charge >= 0.3 is 0 Å². The molecule has 0 aliphatic rings. The van der Waals surface area contributed by atoms with Crippen LogP contribution < -0.4 is 11.1 Å². The van der Waals surface area contributed by atoms with E-state index in [1.54, 1.807) is 6.92 Å². The van der Waals surface area contributed by atoms with Crippen LogP contribution in [0.2, 0.25) is 0 Å². The van der Waals surface area contributed by atoms with E-state index in [2.05, 4.69) is 19.2 Å². The average molecular weight is 197 g/mol. The average Bonchev–Trinajstić information content (AvgIpc) is 2.01. The number of nitriles is 1. The minimum atomic E-state index is 0.149. The zero-order valence-electron chi connectivity index (χ0n) is 8.22. The monoisotopic (exact) mass is 197 g/mol. The van der Waals surface area contributed by atoms with Gasteiger partial charge in [-0.05, 0) is 12.8 Å². The molecule has 72 valence electrons. The number of thiocarbonyl (C=S) groups is 1. The van der Waals surface area contributed by atoms with Crippen molar-refractivity contribution < 1.29 is 0 Å². The fourth-order valence-electron chi connectivity index (χ4n) is 0.769. The van der Waals surface area contributed by atoms with E-state index in [0.717, 1.165) is 12.2 Å². The van der Waals surface area contributed by atoms with Gasteiger partial charge in [0.25, 0.3) is 0 Å². The van der Waals surface area contributed by atoms with E-state index < -0.39 is 0 Å². The van der Waals surface area contributed by atoms with Crippen LogP contribution >= 0.6 is 12.2 Å². The lowest BCUT2D eigenvalue weighted by atomic mass is 10.2. The Labute approximate surface area is 84.6 Å². The van der Waals surface area contributed by atoms with E-state index in [-0.39, 0.29) is 4.99 Å². The Morgan fingerprint density at radius 1 is 1.62 bits per heavy atom. The Hall–Kier alpha value is -1.08.